The lowest BCUT2D eigenvalue weighted by Gasteiger charge is -2.16. The molecule has 1 aromatic carbocycles. The van der Waals surface area contributed by atoms with Crippen molar-refractivity contribution in [3.05, 3.63) is 34.6 Å². The van der Waals surface area contributed by atoms with Crippen LogP contribution in [0.1, 0.15) is 24.9 Å². The number of terminal acetylenes is 1. The molecule has 1 rings (SSSR count). The molecule has 1 N–H and O–H groups in total. The van der Waals surface area contributed by atoms with Gasteiger partial charge in [-0.25, -0.2) is 4.39 Å². The van der Waals surface area contributed by atoms with Gasteiger partial charge in [0.25, 0.3) is 0 Å². The van der Waals surface area contributed by atoms with Gasteiger partial charge < -0.3 is 5.32 Å². The fourth-order valence-corrected chi connectivity index (χ4v) is 1.60. The highest BCUT2D eigenvalue weighted by Crippen LogP contribution is 2.22. The lowest BCUT2D eigenvalue weighted by atomic mass is 10.0. The molecule has 0 saturated carbocycles. The summed E-state index contributed by atoms with van der Waals surface area (Å²) in [5.74, 6) is 2.21. The maximum atomic E-state index is 13.6. The molecular weight excluding hydrogens is 213 g/mol. The second-order valence-electron chi connectivity index (χ2n) is 3.18. The van der Waals surface area contributed by atoms with E-state index in [2.05, 4.69) is 11.2 Å². The highest BCUT2D eigenvalue weighted by molar-refractivity contribution is 6.30. The summed E-state index contributed by atoms with van der Waals surface area (Å²) in [7, 11) is 0. The number of hydrogen-bond donors (Lipinski definition) is 1. The third-order valence-electron chi connectivity index (χ3n) is 2.11. The third-order valence-corrected chi connectivity index (χ3v) is 2.35. The van der Waals surface area contributed by atoms with E-state index in [1.807, 2.05) is 6.92 Å². The van der Waals surface area contributed by atoms with Crippen molar-refractivity contribution in [2.45, 2.75) is 19.4 Å². The fraction of sp³-hybridized carbons (Fsp3) is 0.333. The number of hydrogen-bond acceptors (Lipinski definition) is 1. The minimum atomic E-state index is -0.316. The monoisotopic (exact) mass is 225 g/mol. The van der Waals surface area contributed by atoms with Crippen molar-refractivity contribution in [2.75, 3.05) is 6.54 Å². The van der Waals surface area contributed by atoms with E-state index in [0.29, 0.717) is 17.0 Å². The number of rotatable bonds is 4. The van der Waals surface area contributed by atoms with Crippen LogP contribution in [0.25, 0.3) is 0 Å². The molecule has 3 heteroatoms. The molecule has 0 aliphatic carbocycles. The molecular formula is C12H13ClFN. The Morgan fingerprint density at radius 1 is 1.60 bits per heavy atom. The zero-order valence-electron chi connectivity index (χ0n) is 8.56. The first-order valence-electron chi connectivity index (χ1n) is 4.80. The second kappa shape index (κ2) is 5.75. The fourth-order valence-electron chi connectivity index (χ4n) is 1.44. The molecule has 0 radical (unpaired) electrons. The molecule has 1 nitrogen and oxygen atoms in total. The van der Waals surface area contributed by atoms with Crippen LogP contribution in [-0.4, -0.2) is 6.54 Å². The molecule has 0 fully saturated rings. The van der Waals surface area contributed by atoms with Crippen LogP contribution in [0.3, 0.4) is 0 Å². The van der Waals surface area contributed by atoms with Gasteiger partial charge in [0, 0.05) is 23.0 Å². The van der Waals surface area contributed by atoms with Gasteiger partial charge in [-0.05, 0) is 18.7 Å². The first-order valence-corrected chi connectivity index (χ1v) is 5.18. The van der Waals surface area contributed by atoms with Crippen LogP contribution in [0, 0.1) is 18.2 Å². The average molecular weight is 226 g/mol. The molecule has 80 valence electrons. The van der Waals surface area contributed by atoms with Gasteiger partial charge in [-0.2, -0.15) is 0 Å². The highest BCUT2D eigenvalue weighted by atomic mass is 35.5. The van der Waals surface area contributed by atoms with Crippen molar-refractivity contribution >= 4 is 11.6 Å². The minimum absolute atomic E-state index is 0.141. The zero-order valence-corrected chi connectivity index (χ0v) is 9.31. The first kappa shape index (κ1) is 12.0. The van der Waals surface area contributed by atoms with E-state index in [1.54, 1.807) is 12.1 Å². The quantitative estimate of drug-likeness (QED) is 0.777. The Hall–Kier alpha value is -1.04. The van der Waals surface area contributed by atoms with Gasteiger partial charge in [-0.3, -0.25) is 0 Å². The molecule has 0 heterocycles. The van der Waals surface area contributed by atoms with Gasteiger partial charge in [-0.1, -0.05) is 24.6 Å². The molecule has 1 aromatic rings. The maximum absolute atomic E-state index is 13.6. The van der Waals surface area contributed by atoms with E-state index in [-0.39, 0.29) is 11.9 Å². The zero-order chi connectivity index (χ0) is 11.3. The van der Waals surface area contributed by atoms with Gasteiger partial charge >= 0.3 is 0 Å². The van der Waals surface area contributed by atoms with E-state index in [0.717, 1.165) is 6.54 Å². The molecule has 0 aromatic heterocycles. The molecule has 0 saturated heterocycles. The lowest BCUT2D eigenvalue weighted by Crippen LogP contribution is -2.21. The van der Waals surface area contributed by atoms with Crippen LogP contribution in [0.2, 0.25) is 5.02 Å². The Bertz CT molecular complexity index is 370. The molecule has 1 atom stereocenters. The van der Waals surface area contributed by atoms with E-state index in [9.17, 15) is 4.39 Å². The number of benzene rings is 1. The molecule has 0 aliphatic heterocycles. The van der Waals surface area contributed by atoms with Crippen molar-refractivity contribution < 1.29 is 4.39 Å². The summed E-state index contributed by atoms with van der Waals surface area (Å²) >= 11 is 5.68. The van der Waals surface area contributed by atoms with Gasteiger partial charge in [-0.15, -0.1) is 12.3 Å². The van der Waals surface area contributed by atoms with Crippen LogP contribution >= 0.6 is 11.6 Å². The Kier molecular flexibility index (Phi) is 4.61. The maximum Gasteiger partial charge on any atom is 0.129 e. The predicted octanol–water partition coefficient (Wildman–Crippen LogP) is 3.15. The van der Waals surface area contributed by atoms with Gasteiger partial charge in [0.05, 0.1) is 0 Å². The van der Waals surface area contributed by atoms with Crippen LogP contribution in [0.15, 0.2) is 18.2 Å². The van der Waals surface area contributed by atoms with Crippen molar-refractivity contribution in [2.24, 2.45) is 0 Å². The Labute approximate surface area is 94.6 Å². The highest BCUT2D eigenvalue weighted by Gasteiger charge is 2.13. The Morgan fingerprint density at radius 3 is 2.87 bits per heavy atom. The smallest absolute Gasteiger partial charge is 0.129 e. The van der Waals surface area contributed by atoms with Gasteiger partial charge in [0.15, 0.2) is 0 Å². The van der Waals surface area contributed by atoms with E-state index in [1.165, 1.54) is 6.07 Å². The summed E-state index contributed by atoms with van der Waals surface area (Å²) in [5, 5.41) is 3.53. The summed E-state index contributed by atoms with van der Waals surface area (Å²) in [4.78, 5) is 0. The average Bonchev–Trinajstić information content (AvgIpc) is 2.17. The predicted molar refractivity (Wildman–Crippen MR) is 61.3 cm³/mol. The molecule has 0 bridgehead atoms. The molecule has 0 aliphatic rings. The van der Waals surface area contributed by atoms with Crippen LogP contribution in [0.5, 0.6) is 0 Å². The first-order chi connectivity index (χ1) is 7.19. The summed E-state index contributed by atoms with van der Waals surface area (Å²) in [6, 6.07) is 4.50. The number of nitrogens with one attached hydrogen (secondary N) is 1. The number of halogens is 2. The lowest BCUT2D eigenvalue weighted by molar-refractivity contribution is 0.520. The third kappa shape index (κ3) is 3.23. The minimum Gasteiger partial charge on any atom is -0.309 e. The summed E-state index contributed by atoms with van der Waals surface area (Å²) in [6.07, 6.45) is 5.70. The van der Waals surface area contributed by atoms with E-state index in [4.69, 9.17) is 18.0 Å². The van der Waals surface area contributed by atoms with E-state index >= 15 is 0 Å². The molecule has 0 amide bonds. The normalized spacial score (nSPS) is 12.1. The SMILES string of the molecule is C#CCC(NCC)c1ccc(Cl)cc1F. The molecule has 0 spiro atoms. The second-order valence-corrected chi connectivity index (χ2v) is 3.62. The molecule has 15 heavy (non-hydrogen) atoms. The van der Waals surface area contributed by atoms with E-state index < -0.39 is 0 Å². The van der Waals surface area contributed by atoms with Crippen molar-refractivity contribution in [3.63, 3.8) is 0 Å². The molecule has 1 unspecified atom stereocenters. The summed E-state index contributed by atoms with van der Waals surface area (Å²) < 4.78 is 13.6. The standard InChI is InChI=1S/C12H13ClFN/c1-3-5-12(15-4-2)10-7-6-9(13)8-11(10)14/h1,6-8,12,15H,4-5H2,2H3. The van der Waals surface area contributed by atoms with Crippen molar-refractivity contribution in [3.8, 4) is 12.3 Å². The topological polar surface area (TPSA) is 12.0 Å². The van der Waals surface area contributed by atoms with Crippen LogP contribution < -0.4 is 5.32 Å². The largest absolute Gasteiger partial charge is 0.309 e. The van der Waals surface area contributed by atoms with Gasteiger partial charge in [0.2, 0.25) is 0 Å². The van der Waals surface area contributed by atoms with Crippen LogP contribution in [0.4, 0.5) is 4.39 Å². The summed E-state index contributed by atoms with van der Waals surface area (Å²) in [5.41, 5.74) is 0.569. The van der Waals surface area contributed by atoms with Crippen molar-refractivity contribution in [1.29, 1.82) is 0 Å². The summed E-state index contributed by atoms with van der Waals surface area (Å²) in [6.45, 7) is 2.70. The van der Waals surface area contributed by atoms with Crippen molar-refractivity contribution in [1.82, 2.24) is 5.32 Å². The Morgan fingerprint density at radius 2 is 2.33 bits per heavy atom. The van der Waals surface area contributed by atoms with Crippen LogP contribution in [-0.2, 0) is 0 Å². The van der Waals surface area contributed by atoms with Gasteiger partial charge in [0.1, 0.15) is 5.82 Å². The Balaban J connectivity index is 2.95.